The van der Waals surface area contributed by atoms with Gasteiger partial charge in [-0.2, -0.15) is 18.3 Å². The highest BCUT2D eigenvalue weighted by Gasteiger charge is 2.60. The second kappa shape index (κ2) is 4.86. The van der Waals surface area contributed by atoms with Gasteiger partial charge in [-0.15, -0.1) is 0 Å². The summed E-state index contributed by atoms with van der Waals surface area (Å²) in [5.74, 6) is -1.53. The third-order valence-corrected chi connectivity index (χ3v) is 6.59. The van der Waals surface area contributed by atoms with Gasteiger partial charge in [-0.1, -0.05) is 0 Å². The van der Waals surface area contributed by atoms with E-state index in [2.05, 4.69) is 27.7 Å². The molecule has 1 aromatic rings. The second-order valence-corrected chi connectivity index (χ2v) is 8.17. The molecule has 126 valence electrons. The SMILES string of the molecule is COC(=O)c1c(I)c(C23CC(C2)C3)nn1CC1C[C@@H]1C(F)(F)F. The molecule has 0 saturated heterocycles. The van der Waals surface area contributed by atoms with Gasteiger partial charge < -0.3 is 4.74 Å². The van der Waals surface area contributed by atoms with Crippen molar-refractivity contribution in [3.05, 3.63) is 15.0 Å². The number of hydrogen-bond acceptors (Lipinski definition) is 3. The van der Waals surface area contributed by atoms with E-state index in [1.165, 1.54) is 11.8 Å². The fourth-order valence-corrected chi connectivity index (χ4v) is 5.22. The number of halogens is 4. The largest absolute Gasteiger partial charge is 0.464 e. The monoisotopic (exact) mass is 440 g/mol. The number of alkyl halides is 3. The van der Waals surface area contributed by atoms with Crippen molar-refractivity contribution in [2.45, 2.75) is 43.8 Å². The Bertz CT molecular complexity index is 668. The predicted octanol–water partition coefficient (Wildman–Crippen LogP) is 3.52. The topological polar surface area (TPSA) is 44.1 Å². The van der Waals surface area contributed by atoms with Crippen molar-refractivity contribution in [1.29, 1.82) is 0 Å². The first-order valence-corrected chi connectivity index (χ1v) is 8.75. The second-order valence-electron chi connectivity index (χ2n) is 7.09. The van der Waals surface area contributed by atoms with Crippen LogP contribution in [-0.2, 0) is 16.7 Å². The van der Waals surface area contributed by atoms with E-state index in [0.717, 1.165) is 34.4 Å². The summed E-state index contributed by atoms with van der Waals surface area (Å²) in [5, 5.41) is 4.55. The lowest BCUT2D eigenvalue weighted by atomic mass is 9.43. The van der Waals surface area contributed by atoms with Crippen molar-refractivity contribution in [3.63, 3.8) is 0 Å². The summed E-state index contributed by atoms with van der Waals surface area (Å²) in [6.45, 7) is 0.129. The first kappa shape index (κ1) is 15.7. The average molecular weight is 440 g/mol. The minimum atomic E-state index is -4.16. The number of hydrogen-bond donors (Lipinski definition) is 0. The molecule has 1 unspecified atom stereocenters. The van der Waals surface area contributed by atoms with Crippen LogP contribution in [0, 0.1) is 21.3 Å². The Morgan fingerprint density at radius 3 is 2.52 bits per heavy atom. The van der Waals surface area contributed by atoms with Crippen molar-refractivity contribution >= 4 is 28.6 Å². The van der Waals surface area contributed by atoms with Crippen molar-refractivity contribution < 1.29 is 22.7 Å². The molecule has 1 heterocycles. The van der Waals surface area contributed by atoms with Crippen LogP contribution in [0.1, 0.15) is 41.9 Å². The lowest BCUT2D eigenvalue weighted by Gasteiger charge is -2.61. The Kier molecular flexibility index (Phi) is 3.32. The molecular formula is C15H16F3IN2O2. The molecule has 0 aliphatic heterocycles. The highest BCUT2D eigenvalue weighted by Crippen LogP contribution is 2.65. The first-order chi connectivity index (χ1) is 10.7. The Balaban J connectivity index is 1.63. The van der Waals surface area contributed by atoms with Crippen LogP contribution in [0.3, 0.4) is 0 Å². The van der Waals surface area contributed by atoms with Gasteiger partial charge in [0.25, 0.3) is 0 Å². The van der Waals surface area contributed by atoms with Gasteiger partial charge in [0.15, 0.2) is 5.69 Å². The Hall–Kier alpha value is -0.800. The molecule has 2 bridgehead atoms. The van der Waals surface area contributed by atoms with Crippen molar-refractivity contribution in [2.24, 2.45) is 17.8 Å². The maximum absolute atomic E-state index is 12.7. The van der Waals surface area contributed by atoms with E-state index in [9.17, 15) is 18.0 Å². The van der Waals surface area contributed by atoms with Crippen molar-refractivity contribution in [1.82, 2.24) is 9.78 Å². The molecule has 2 atom stereocenters. The van der Waals surface area contributed by atoms with Crippen LogP contribution in [0.4, 0.5) is 13.2 Å². The first-order valence-electron chi connectivity index (χ1n) is 7.67. The molecule has 0 amide bonds. The smallest absolute Gasteiger partial charge is 0.392 e. The fourth-order valence-electron chi connectivity index (χ4n) is 4.04. The highest BCUT2D eigenvalue weighted by molar-refractivity contribution is 14.1. The summed E-state index contributed by atoms with van der Waals surface area (Å²) in [6.07, 6.45) is -0.810. The number of carbonyl (C=O) groups excluding carboxylic acids is 1. The summed E-state index contributed by atoms with van der Waals surface area (Å²) < 4.78 is 45.2. The fraction of sp³-hybridized carbons (Fsp3) is 0.733. The molecule has 4 aliphatic carbocycles. The molecule has 0 aromatic carbocycles. The third kappa shape index (κ3) is 2.31. The van der Waals surface area contributed by atoms with Gasteiger partial charge in [0.1, 0.15) is 0 Å². The number of methoxy groups -OCH3 is 1. The average Bonchev–Trinajstić information content (AvgIpc) is 3.06. The Morgan fingerprint density at radius 1 is 1.43 bits per heavy atom. The van der Waals surface area contributed by atoms with E-state index in [-0.39, 0.29) is 18.4 Å². The van der Waals surface area contributed by atoms with Gasteiger partial charge in [-0.25, -0.2) is 4.79 Å². The van der Waals surface area contributed by atoms with Crippen LogP contribution >= 0.6 is 22.6 Å². The van der Waals surface area contributed by atoms with Crippen LogP contribution in [0.25, 0.3) is 0 Å². The van der Waals surface area contributed by atoms with Gasteiger partial charge in [0.2, 0.25) is 0 Å². The van der Waals surface area contributed by atoms with E-state index >= 15 is 0 Å². The predicted molar refractivity (Wildman–Crippen MR) is 83.0 cm³/mol. The molecule has 8 heteroatoms. The summed E-state index contributed by atoms with van der Waals surface area (Å²) in [4.78, 5) is 12.1. The molecule has 0 spiro atoms. The Labute approximate surface area is 144 Å². The van der Waals surface area contributed by atoms with Gasteiger partial charge >= 0.3 is 12.1 Å². The van der Waals surface area contributed by atoms with Crippen molar-refractivity contribution in [2.75, 3.05) is 7.11 Å². The summed E-state index contributed by atoms with van der Waals surface area (Å²) in [7, 11) is 1.28. The van der Waals surface area contributed by atoms with Crippen LogP contribution in [0.5, 0.6) is 0 Å². The van der Waals surface area contributed by atoms with Crippen LogP contribution in [0.15, 0.2) is 0 Å². The van der Waals surface area contributed by atoms with E-state index < -0.39 is 24.0 Å². The van der Waals surface area contributed by atoms with Gasteiger partial charge in [0.05, 0.1) is 22.3 Å². The lowest BCUT2D eigenvalue weighted by molar-refractivity contribution is -0.151. The Morgan fingerprint density at radius 2 is 2.09 bits per heavy atom. The van der Waals surface area contributed by atoms with Gasteiger partial charge in [-0.3, -0.25) is 4.68 Å². The number of ether oxygens (including phenoxy) is 1. The van der Waals surface area contributed by atoms with E-state index in [4.69, 9.17) is 4.74 Å². The lowest BCUT2D eigenvalue weighted by Crippen LogP contribution is -2.55. The molecule has 4 saturated carbocycles. The number of rotatable bonds is 4. The number of nitrogens with zero attached hydrogens (tertiary/aromatic N) is 2. The van der Waals surface area contributed by atoms with Crippen molar-refractivity contribution in [3.8, 4) is 0 Å². The van der Waals surface area contributed by atoms with Crippen LogP contribution in [-0.4, -0.2) is 29.0 Å². The number of aromatic nitrogens is 2. The minimum absolute atomic E-state index is 0.0577. The quantitative estimate of drug-likeness (QED) is 0.532. The zero-order valence-electron chi connectivity index (χ0n) is 12.5. The zero-order valence-corrected chi connectivity index (χ0v) is 14.6. The summed E-state index contributed by atoms with van der Waals surface area (Å²) in [5.41, 5.74) is 1.24. The van der Waals surface area contributed by atoms with Gasteiger partial charge in [-0.05, 0) is 60.1 Å². The van der Waals surface area contributed by atoms with E-state index in [0.29, 0.717) is 5.69 Å². The number of carbonyl (C=O) groups is 1. The third-order valence-electron chi connectivity index (χ3n) is 5.56. The molecule has 4 fully saturated rings. The highest BCUT2D eigenvalue weighted by atomic mass is 127. The van der Waals surface area contributed by atoms with Crippen LogP contribution in [0.2, 0.25) is 0 Å². The zero-order chi connectivity index (χ0) is 16.6. The molecule has 4 aliphatic rings. The molecular weight excluding hydrogens is 424 g/mol. The maximum atomic E-state index is 12.7. The maximum Gasteiger partial charge on any atom is 0.392 e. The molecule has 0 radical (unpaired) electrons. The molecule has 5 rings (SSSR count). The minimum Gasteiger partial charge on any atom is -0.464 e. The standard InChI is InChI=1S/C15H16F3IN2O2/c1-23-13(22)11-10(19)12(14-3-7(4-14)5-14)20-21(11)6-8-2-9(8)15(16,17)18/h7-9H,2-6H2,1H3/t7?,8?,9-,14?/m0/s1. The van der Waals surface area contributed by atoms with E-state index in [1.807, 2.05) is 0 Å². The van der Waals surface area contributed by atoms with Gasteiger partial charge in [0, 0.05) is 12.0 Å². The molecule has 23 heavy (non-hydrogen) atoms. The normalized spacial score (nSPS) is 34.6. The number of esters is 1. The summed E-state index contributed by atoms with van der Waals surface area (Å²) >= 11 is 2.09. The van der Waals surface area contributed by atoms with Crippen LogP contribution < -0.4 is 0 Å². The summed E-state index contributed by atoms with van der Waals surface area (Å²) in [6, 6.07) is 0. The molecule has 4 nitrogen and oxygen atoms in total. The molecule has 1 aromatic heterocycles. The molecule has 0 N–H and O–H groups in total. The van der Waals surface area contributed by atoms with E-state index in [1.54, 1.807) is 0 Å².